The van der Waals surface area contributed by atoms with Crippen molar-refractivity contribution >= 4 is 17.1 Å². The van der Waals surface area contributed by atoms with E-state index in [1.165, 1.54) is 12.8 Å². The van der Waals surface area contributed by atoms with Crippen molar-refractivity contribution in [1.82, 2.24) is 10.1 Å². The minimum Gasteiger partial charge on any atom is -0.490 e. The Morgan fingerprint density at radius 2 is 1.91 bits per heavy atom. The van der Waals surface area contributed by atoms with E-state index in [0.29, 0.717) is 22.8 Å². The van der Waals surface area contributed by atoms with Crippen LogP contribution in [0.4, 0.5) is 4.79 Å². The van der Waals surface area contributed by atoms with Crippen LogP contribution in [-0.2, 0) is 17.8 Å². The van der Waals surface area contributed by atoms with Crippen LogP contribution >= 0.6 is 0 Å². The number of benzene rings is 1. The van der Waals surface area contributed by atoms with Gasteiger partial charge in [-0.05, 0) is 90.2 Å². The molecule has 0 unspecified atom stereocenters. The largest absolute Gasteiger partial charge is 0.490 e. The molecule has 1 aromatic carbocycles. The van der Waals surface area contributed by atoms with Gasteiger partial charge in [-0.1, -0.05) is 5.16 Å². The van der Waals surface area contributed by atoms with E-state index in [-0.39, 0.29) is 18.8 Å². The smallest absolute Gasteiger partial charge is 0.410 e. The highest BCUT2D eigenvalue weighted by Crippen LogP contribution is 2.34. The minimum absolute atomic E-state index is 0.128. The second-order valence-electron chi connectivity index (χ2n) is 10.2. The van der Waals surface area contributed by atoms with Crippen molar-refractivity contribution in [2.45, 2.75) is 90.4 Å². The van der Waals surface area contributed by atoms with Gasteiger partial charge in [0.1, 0.15) is 11.4 Å². The van der Waals surface area contributed by atoms with Gasteiger partial charge in [-0.3, -0.25) is 0 Å². The van der Waals surface area contributed by atoms with Gasteiger partial charge in [-0.15, -0.1) is 0 Å². The summed E-state index contributed by atoms with van der Waals surface area (Å²) in [5, 5.41) is 15.2. The normalized spacial score (nSPS) is 18.4. The summed E-state index contributed by atoms with van der Waals surface area (Å²) in [6.45, 7) is 7.02. The summed E-state index contributed by atoms with van der Waals surface area (Å²) in [6.07, 6.45) is 8.30. The number of ether oxygens (including phenoxy) is 2. The van der Waals surface area contributed by atoms with Gasteiger partial charge in [-0.25, -0.2) is 4.79 Å². The molecule has 1 saturated heterocycles. The summed E-state index contributed by atoms with van der Waals surface area (Å²) in [5.74, 6) is 1.26. The number of hydrogen-bond acceptors (Lipinski definition) is 6. The second kappa shape index (κ2) is 9.69. The molecule has 0 spiro atoms. The molecule has 0 atom stereocenters. The Labute approximate surface area is 190 Å². The highest BCUT2D eigenvalue weighted by atomic mass is 16.6. The second-order valence-corrected chi connectivity index (χ2v) is 10.2. The zero-order valence-electron chi connectivity index (χ0n) is 19.6. The van der Waals surface area contributed by atoms with Gasteiger partial charge < -0.3 is 24.0 Å². The highest BCUT2D eigenvalue weighted by molar-refractivity contribution is 5.84. The molecule has 1 aliphatic carbocycles. The molecule has 1 aromatic heterocycles. The van der Waals surface area contributed by atoms with Gasteiger partial charge in [-0.2, -0.15) is 0 Å². The molecule has 0 radical (unpaired) electrons. The zero-order chi connectivity index (χ0) is 22.7. The van der Waals surface area contributed by atoms with Crippen LogP contribution in [0, 0.1) is 5.92 Å². The summed E-state index contributed by atoms with van der Waals surface area (Å²) >= 11 is 0. The van der Waals surface area contributed by atoms with E-state index in [4.69, 9.17) is 14.0 Å². The summed E-state index contributed by atoms with van der Waals surface area (Å²) in [7, 11) is 0. The van der Waals surface area contributed by atoms with E-state index in [2.05, 4.69) is 5.16 Å². The van der Waals surface area contributed by atoms with Gasteiger partial charge in [0.2, 0.25) is 0 Å². The summed E-state index contributed by atoms with van der Waals surface area (Å²) in [4.78, 5) is 14.1. The Bertz CT molecular complexity index is 918. The number of rotatable bonds is 6. The number of piperidine rings is 1. The Hall–Kier alpha value is -2.28. The van der Waals surface area contributed by atoms with E-state index in [1.807, 2.05) is 37.8 Å². The number of likely N-dealkylation sites (tertiary alicyclic amines) is 1. The van der Waals surface area contributed by atoms with Gasteiger partial charge in [0, 0.05) is 18.5 Å². The van der Waals surface area contributed by atoms with Crippen molar-refractivity contribution in [2.75, 3.05) is 13.1 Å². The molecular formula is C25H36N2O5. The first-order valence-corrected chi connectivity index (χ1v) is 12.0. The van der Waals surface area contributed by atoms with Crippen LogP contribution in [-0.4, -0.2) is 46.1 Å². The average Bonchev–Trinajstić information content (AvgIpc) is 3.41. The van der Waals surface area contributed by atoms with Crippen LogP contribution in [0.25, 0.3) is 11.0 Å². The summed E-state index contributed by atoms with van der Waals surface area (Å²) < 4.78 is 17.3. The number of aliphatic hydroxyl groups is 1. The Morgan fingerprint density at radius 1 is 1.19 bits per heavy atom. The van der Waals surface area contributed by atoms with Crippen LogP contribution in [0.1, 0.15) is 77.0 Å². The molecule has 32 heavy (non-hydrogen) atoms. The van der Waals surface area contributed by atoms with Gasteiger partial charge in [0.25, 0.3) is 0 Å². The predicted octanol–water partition coefficient (Wildman–Crippen LogP) is 5.22. The van der Waals surface area contributed by atoms with Crippen molar-refractivity contribution in [1.29, 1.82) is 0 Å². The van der Waals surface area contributed by atoms with Crippen LogP contribution < -0.4 is 4.74 Å². The lowest BCUT2D eigenvalue weighted by molar-refractivity contribution is 0.0181. The number of aliphatic hydroxyl groups excluding tert-OH is 1. The maximum Gasteiger partial charge on any atom is 0.410 e. The molecule has 0 bridgehead atoms. The van der Waals surface area contributed by atoms with Crippen molar-refractivity contribution in [3.05, 3.63) is 23.4 Å². The number of nitrogens with zero attached hydrogens (tertiary/aromatic N) is 2. The van der Waals surface area contributed by atoms with Crippen LogP contribution in [0.15, 0.2) is 16.7 Å². The van der Waals surface area contributed by atoms with Gasteiger partial charge in [0.05, 0.1) is 24.0 Å². The molecule has 176 valence electrons. The minimum atomic E-state index is -0.461. The SMILES string of the molecule is CC(C)(C)OC(=O)N1CCC(CCc2noc3c(CO)c(OC4CCCC4)ccc23)CC1. The standard InChI is InChI=1S/C25H36N2O5/c1-25(2,3)31-24(29)27-14-12-17(13-15-27)8-10-21-19-9-11-22(30-18-6-4-5-7-18)20(16-28)23(19)32-26-21/h9,11,17-18,28H,4-8,10,12-16H2,1-3H3. The lowest BCUT2D eigenvalue weighted by Gasteiger charge is -2.33. The fourth-order valence-corrected chi connectivity index (χ4v) is 4.79. The lowest BCUT2D eigenvalue weighted by Crippen LogP contribution is -2.41. The molecule has 2 fully saturated rings. The molecule has 2 aromatic rings. The fourth-order valence-electron chi connectivity index (χ4n) is 4.79. The Morgan fingerprint density at radius 3 is 2.56 bits per heavy atom. The van der Waals surface area contributed by atoms with Crippen molar-refractivity contribution in [3.8, 4) is 5.75 Å². The Balaban J connectivity index is 1.34. The maximum absolute atomic E-state index is 12.3. The number of amides is 1. The number of carbonyl (C=O) groups is 1. The molecule has 1 aliphatic heterocycles. The quantitative estimate of drug-likeness (QED) is 0.657. The molecule has 1 N–H and O–H groups in total. The third-order valence-corrected chi connectivity index (χ3v) is 6.59. The highest BCUT2D eigenvalue weighted by Gasteiger charge is 2.27. The third kappa shape index (κ3) is 5.37. The number of aromatic nitrogens is 1. The molecule has 1 saturated carbocycles. The molecule has 2 aliphatic rings. The van der Waals surface area contributed by atoms with Crippen LogP contribution in [0.5, 0.6) is 5.75 Å². The number of fused-ring (bicyclic) bond motifs is 1. The summed E-state index contributed by atoms with van der Waals surface area (Å²) in [5.41, 5.74) is 1.80. The third-order valence-electron chi connectivity index (χ3n) is 6.59. The van der Waals surface area contributed by atoms with Crippen molar-refractivity contribution < 1.29 is 23.9 Å². The van der Waals surface area contributed by atoms with E-state index in [0.717, 1.165) is 62.7 Å². The molecule has 7 nitrogen and oxygen atoms in total. The first kappa shape index (κ1) is 22.9. The van der Waals surface area contributed by atoms with Gasteiger partial charge in [0.15, 0.2) is 5.58 Å². The van der Waals surface area contributed by atoms with Crippen molar-refractivity contribution in [2.24, 2.45) is 5.92 Å². The summed E-state index contributed by atoms with van der Waals surface area (Å²) in [6, 6.07) is 3.96. The number of hydrogen-bond donors (Lipinski definition) is 1. The van der Waals surface area contributed by atoms with E-state index in [1.54, 1.807) is 0 Å². The fraction of sp³-hybridized carbons (Fsp3) is 0.680. The monoisotopic (exact) mass is 444 g/mol. The molecule has 2 heterocycles. The van der Waals surface area contributed by atoms with E-state index >= 15 is 0 Å². The molecular weight excluding hydrogens is 408 g/mol. The average molecular weight is 445 g/mol. The lowest BCUT2D eigenvalue weighted by atomic mass is 9.91. The molecule has 4 rings (SSSR count). The van der Waals surface area contributed by atoms with Crippen LogP contribution in [0.2, 0.25) is 0 Å². The Kier molecular flexibility index (Phi) is 6.93. The zero-order valence-corrected chi connectivity index (χ0v) is 19.6. The van der Waals surface area contributed by atoms with Gasteiger partial charge >= 0.3 is 6.09 Å². The maximum atomic E-state index is 12.3. The molecule has 7 heteroatoms. The first-order chi connectivity index (χ1) is 15.3. The van der Waals surface area contributed by atoms with E-state index < -0.39 is 5.60 Å². The number of carbonyl (C=O) groups excluding carboxylic acids is 1. The first-order valence-electron chi connectivity index (χ1n) is 12.0. The van der Waals surface area contributed by atoms with Crippen molar-refractivity contribution in [3.63, 3.8) is 0 Å². The number of aryl methyl sites for hydroxylation is 1. The topological polar surface area (TPSA) is 85.0 Å². The molecule has 1 amide bonds. The predicted molar refractivity (Wildman–Crippen MR) is 122 cm³/mol. The van der Waals surface area contributed by atoms with E-state index in [9.17, 15) is 9.90 Å². The van der Waals surface area contributed by atoms with Crippen LogP contribution in [0.3, 0.4) is 0 Å².